The van der Waals surface area contributed by atoms with Gasteiger partial charge >= 0.3 is 0 Å². The van der Waals surface area contributed by atoms with Gasteiger partial charge in [0.15, 0.2) is 9.84 Å². The van der Waals surface area contributed by atoms with Gasteiger partial charge in [-0.3, -0.25) is 9.48 Å². The van der Waals surface area contributed by atoms with E-state index in [1.165, 1.54) is 0 Å². The SMILES string of the molecule is CCc1ccccc1NC(=O)Cc1c(C)nn(C2CCS(=O)(=O)C2)c1C. The first-order valence-corrected chi connectivity index (χ1v) is 10.8. The van der Waals surface area contributed by atoms with Crippen molar-refractivity contribution in [3.05, 3.63) is 46.8 Å². The number of sulfone groups is 1. The Bertz CT molecular complexity index is 932. The van der Waals surface area contributed by atoms with E-state index < -0.39 is 9.84 Å². The van der Waals surface area contributed by atoms with Crippen molar-refractivity contribution in [3.63, 3.8) is 0 Å². The van der Waals surface area contributed by atoms with Crippen LogP contribution >= 0.6 is 0 Å². The van der Waals surface area contributed by atoms with E-state index in [-0.39, 0.29) is 29.9 Å². The second-order valence-electron chi connectivity index (χ2n) is 6.89. The van der Waals surface area contributed by atoms with Crippen molar-refractivity contribution in [2.45, 2.75) is 46.1 Å². The van der Waals surface area contributed by atoms with E-state index >= 15 is 0 Å². The molecule has 0 aliphatic carbocycles. The summed E-state index contributed by atoms with van der Waals surface area (Å²) >= 11 is 0. The molecule has 140 valence electrons. The molecule has 1 amide bonds. The summed E-state index contributed by atoms with van der Waals surface area (Å²) in [6, 6.07) is 7.65. The van der Waals surface area contributed by atoms with Crippen molar-refractivity contribution in [2.75, 3.05) is 16.8 Å². The standard InChI is InChI=1S/C19H25N3O3S/c1-4-15-7-5-6-8-18(15)20-19(23)11-17-13(2)21-22(14(17)3)16-9-10-26(24,25)12-16/h5-8,16H,4,9-12H2,1-3H3,(H,20,23). The molecule has 1 aliphatic rings. The number of carbonyl (C=O) groups is 1. The first-order chi connectivity index (χ1) is 12.3. The van der Waals surface area contributed by atoms with Gasteiger partial charge < -0.3 is 5.32 Å². The third-order valence-corrected chi connectivity index (χ3v) is 6.79. The monoisotopic (exact) mass is 375 g/mol. The van der Waals surface area contributed by atoms with Crippen molar-refractivity contribution in [1.82, 2.24) is 9.78 Å². The van der Waals surface area contributed by atoms with Crippen LogP contribution in [-0.4, -0.2) is 35.6 Å². The Hall–Kier alpha value is -2.15. The Morgan fingerprint density at radius 2 is 2.04 bits per heavy atom. The van der Waals surface area contributed by atoms with E-state index in [0.717, 1.165) is 34.6 Å². The molecule has 0 bridgehead atoms. The number of nitrogens with zero attached hydrogens (tertiary/aromatic N) is 2. The molecule has 1 atom stereocenters. The van der Waals surface area contributed by atoms with E-state index in [2.05, 4.69) is 17.3 Å². The molecule has 0 saturated carbocycles. The molecule has 26 heavy (non-hydrogen) atoms. The van der Waals surface area contributed by atoms with Crippen LogP contribution in [0.3, 0.4) is 0 Å². The first-order valence-electron chi connectivity index (χ1n) is 8.93. The molecule has 2 heterocycles. The van der Waals surface area contributed by atoms with E-state index in [0.29, 0.717) is 6.42 Å². The highest BCUT2D eigenvalue weighted by Gasteiger charge is 2.31. The molecule has 3 rings (SSSR count). The average Bonchev–Trinajstić information content (AvgIpc) is 3.09. The summed E-state index contributed by atoms with van der Waals surface area (Å²) in [7, 11) is -2.98. The van der Waals surface area contributed by atoms with Crippen LogP contribution in [0.1, 0.15) is 41.9 Å². The minimum Gasteiger partial charge on any atom is -0.326 e. The smallest absolute Gasteiger partial charge is 0.228 e. The number of amides is 1. The molecule has 1 aromatic carbocycles. The van der Waals surface area contributed by atoms with E-state index in [4.69, 9.17) is 0 Å². The lowest BCUT2D eigenvalue weighted by molar-refractivity contribution is -0.115. The molecular formula is C19H25N3O3S. The minimum absolute atomic E-state index is 0.0873. The van der Waals surface area contributed by atoms with Crippen LogP contribution in [0.5, 0.6) is 0 Å². The van der Waals surface area contributed by atoms with Gasteiger partial charge in [0.25, 0.3) is 0 Å². The van der Waals surface area contributed by atoms with Crippen LogP contribution in [0, 0.1) is 13.8 Å². The first kappa shape index (κ1) is 18.6. The lowest BCUT2D eigenvalue weighted by Gasteiger charge is -2.12. The van der Waals surface area contributed by atoms with Crippen LogP contribution in [0.15, 0.2) is 24.3 Å². The van der Waals surface area contributed by atoms with Crippen molar-refractivity contribution >= 4 is 21.4 Å². The molecule has 1 fully saturated rings. The number of anilines is 1. The van der Waals surface area contributed by atoms with Crippen molar-refractivity contribution in [2.24, 2.45) is 0 Å². The Balaban J connectivity index is 1.77. The van der Waals surface area contributed by atoms with Gasteiger partial charge in [0.05, 0.1) is 29.7 Å². The van der Waals surface area contributed by atoms with Gasteiger partial charge in [0.1, 0.15) is 0 Å². The van der Waals surface area contributed by atoms with Gasteiger partial charge in [-0.05, 0) is 38.3 Å². The summed E-state index contributed by atoms with van der Waals surface area (Å²) < 4.78 is 25.3. The Morgan fingerprint density at radius 1 is 1.31 bits per heavy atom. The molecule has 1 saturated heterocycles. The number of rotatable bonds is 5. The summed E-state index contributed by atoms with van der Waals surface area (Å²) in [5.74, 6) is 0.250. The van der Waals surface area contributed by atoms with Gasteiger partial charge in [0.2, 0.25) is 5.91 Å². The second-order valence-corrected chi connectivity index (χ2v) is 9.12. The zero-order valence-electron chi connectivity index (χ0n) is 15.4. The zero-order chi connectivity index (χ0) is 18.9. The lowest BCUT2D eigenvalue weighted by Crippen LogP contribution is -2.17. The quantitative estimate of drug-likeness (QED) is 0.871. The molecule has 6 nitrogen and oxygen atoms in total. The maximum atomic E-state index is 12.5. The molecule has 1 unspecified atom stereocenters. The fourth-order valence-corrected chi connectivity index (χ4v) is 5.27. The van der Waals surface area contributed by atoms with E-state index in [1.54, 1.807) is 4.68 Å². The molecule has 7 heteroatoms. The predicted octanol–water partition coefficient (Wildman–Crippen LogP) is 2.60. The zero-order valence-corrected chi connectivity index (χ0v) is 16.3. The van der Waals surface area contributed by atoms with Crippen LogP contribution in [0.25, 0.3) is 0 Å². The number of aryl methyl sites for hydroxylation is 2. The molecule has 1 N–H and O–H groups in total. The Morgan fingerprint density at radius 3 is 2.69 bits per heavy atom. The van der Waals surface area contributed by atoms with Gasteiger partial charge in [-0.1, -0.05) is 25.1 Å². The summed E-state index contributed by atoms with van der Waals surface area (Å²) in [6.07, 6.45) is 1.66. The predicted molar refractivity (Wildman–Crippen MR) is 102 cm³/mol. The molecular weight excluding hydrogens is 350 g/mol. The average molecular weight is 375 g/mol. The van der Waals surface area contributed by atoms with E-state index in [1.807, 2.05) is 38.1 Å². The van der Waals surface area contributed by atoms with Gasteiger partial charge in [0, 0.05) is 16.9 Å². The van der Waals surface area contributed by atoms with Crippen molar-refractivity contribution in [1.29, 1.82) is 0 Å². The van der Waals surface area contributed by atoms with Crippen LogP contribution in [0.4, 0.5) is 5.69 Å². The van der Waals surface area contributed by atoms with E-state index in [9.17, 15) is 13.2 Å². The lowest BCUT2D eigenvalue weighted by atomic mass is 10.1. The van der Waals surface area contributed by atoms with Crippen molar-refractivity contribution < 1.29 is 13.2 Å². The molecule has 1 aliphatic heterocycles. The number of nitrogens with one attached hydrogen (secondary N) is 1. The third kappa shape index (κ3) is 3.82. The number of hydrogen-bond acceptors (Lipinski definition) is 4. The number of para-hydroxylation sites is 1. The van der Waals surface area contributed by atoms with Crippen LogP contribution in [-0.2, 0) is 27.5 Å². The topological polar surface area (TPSA) is 81.1 Å². The molecule has 2 aromatic rings. The summed E-state index contributed by atoms with van der Waals surface area (Å²) in [6.45, 7) is 5.84. The largest absolute Gasteiger partial charge is 0.326 e. The van der Waals surface area contributed by atoms with Gasteiger partial charge in [-0.2, -0.15) is 5.10 Å². The number of aromatic nitrogens is 2. The number of hydrogen-bond donors (Lipinski definition) is 1. The third-order valence-electron chi connectivity index (χ3n) is 5.04. The highest BCUT2D eigenvalue weighted by molar-refractivity contribution is 7.91. The minimum atomic E-state index is -2.98. The van der Waals surface area contributed by atoms with Gasteiger partial charge in [-0.25, -0.2) is 8.42 Å². The highest BCUT2D eigenvalue weighted by Crippen LogP contribution is 2.27. The Labute approximate surface area is 154 Å². The fourth-order valence-electron chi connectivity index (χ4n) is 3.58. The normalized spacial score (nSPS) is 18.8. The maximum Gasteiger partial charge on any atom is 0.228 e. The van der Waals surface area contributed by atoms with Gasteiger partial charge in [-0.15, -0.1) is 0 Å². The number of benzene rings is 1. The fraction of sp³-hybridized carbons (Fsp3) is 0.474. The number of carbonyl (C=O) groups excluding carboxylic acids is 1. The molecule has 0 radical (unpaired) electrons. The van der Waals surface area contributed by atoms with Crippen molar-refractivity contribution in [3.8, 4) is 0 Å². The second kappa shape index (κ2) is 7.23. The van der Waals surface area contributed by atoms with Crippen LogP contribution < -0.4 is 5.32 Å². The highest BCUT2D eigenvalue weighted by atomic mass is 32.2. The maximum absolute atomic E-state index is 12.5. The molecule has 0 spiro atoms. The summed E-state index contributed by atoms with van der Waals surface area (Å²) in [5, 5.41) is 7.51. The Kier molecular flexibility index (Phi) is 5.18. The van der Waals surface area contributed by atoms with Crippen LogP contribution in [0.2, 0.25) is 0 Å². The summed E-state index contributed by atoms with van der Waals surface area (Å²) in [4.78, 5) is 12.5. The molecule has 1 aromatic heterocycles. The summed E-state index contributed by atoms with van der Waals surface area (Å²) in [5.41, 5.74) is 4.47.